The van der Waals surface area contributed by atoms with Crippen molar-refractivity contribution in [3.05, 3.63) is 0 Å². The number of carbonyl (C=O) groups excluding carboxylic acids is 1. The molecule has 0 saturated carbocycles. The van der Waals surface area contributed by atoms with Crippen LogP contribution in [0.2, 0.25) is 6.32 Å². The maximum Gasteiger partial charge on any atom is 0.451 e. The highest BCUT2D eigenvalue weighted by molar-refractivity contribution is 7.87. The van der Waals surface area contributed by atoms with E-state index in [1.165, 1.54) is 0 Å². The summed E-state index contributed by atoms with van der Waals surface area (Å²) in [5, 5.41) is 17.8. The van der Waals surface area contributed by atoms with Crippen molar-refractivity contribution in [2.24, 2.45) is 17.4 Å². The van der Waals surface area contributed by atoms with Crippen LogP contribution in [0.4, 0.5) is 0 Å². The maximum absolute atomic E-state index is 12.3. The molecule has 12 heteroatoms. The fraction of sp³-hybridized carbons (Fsp3) is 0.909. The Hall–Kier alpha value is -0.755. The molecule has 1 heterocycles. The average Bonchev–Trinajstić information content (AvgIpc) is 2.76. The molecular formula is C11H25BN4O6S. The highest BCUT2D eigenvalue weighted by Gasteiger charge is 2.49. The number of nitrogens with one attached hydrogen (secondary N) is 1. The van der Waals surface area contributed by atoms with Gasteiger partial charge in [0.15, 0.2) is 5.72 Å². The minimum absolute atomic E-state index is 0.0679. The summed E-state index contributed by atoms with van der Waals surface area (Å²) in [6.07, 6.45) is 0.924. The van der Waals surface area contributed by atoms with Gasteiger partial charge >= 0.3 is 7.12 Å². The Balaban J connectivity index is 2.80. The van der Waals surface area contributed by atoms with E-state index in [1.54, 1.807) is 6.92 Å². The quantitative estimate of drug-likeness (QED) is 0.159. The summed E-state index contributed by atoms with van der Waals surface area (Å²) in [6, 6.07) is -0.442. The topological polar surface area (TPSA) is 168 Å². The van der Waals surface area contributed by atoms with Gasteiger partial charge in [-0.15, -0.1) is 0 Å². The fourth-order valence-electron chi connectivity index (χ4n) is 2.54. The van der Waals surface area contributed by atoms with E-state index in [0.29, 0.717) is 12.8 Å². The molecule has 1 rings (SSSR count). The van der Waals surface area contributed by atoms with Crippen LogP contribution in [0.1, 0.15) is 19.8 Å². The summed E-state index contributed by atoms with van der Waals surface area (Å²) >= 11 is 0. The maximum atomic E-state index is 12.3. The lowest BCUT2D eigenvalue weighted by Gasteiger charge is -2.28. The van der Waals surface area contributed by atoms with E-state index in [2.05, 4.69) is 4.72 Å². The summed E-state index contributed by atoms with van der Waals surface area (Å²) in [4.78, 5) is 10.7. The van der Waals surface area contributed by atoms with Crippen LogP contribution in [0.15, 0.2) is 0 Å². The molecule has 0 spiro atoms. The Morgan fingerprint density at radius 2 is 2.22 bits per heavy atom. The van der Waals surface area contributed by atoms with Gasteiger partial charge in [0.1, 0.15) is 0 Å². The van der Waals surface area contributed by atoms with Crippen molar-refractivity contribution >= 4 is 23.8 Å². The molecule has 0 aliphatic carbocycles. The number of hydrogen-bond donors (Lipinski definition) is 5. The second-order valence-corrected chi connectivity index (χ2v) is 7.53. The second-order valence-electron chi connectivity index (χ2n) is 5.83. The van der Waals surface area contributed by atoms with Gasteiger partial charge in [0, 0.05) is 25.0 Å². The lowest BCUT2D eigenvalue weighted by Crippen LogP contribution is -2.52. The molecule has 0 amide bonds. The SMILES string of the molecule is C[C@H](CN)NS(=O)(=O)N1C[C@H](CCCB(O)O)[C@](N)(OC=O)C1. The number of nitrogens with zero attached hydrogens (tertiary/aromatic N) is 1. The van der Waals surface area contributed by atoms with Crippen LogP contribution >= 0.6 is 0 Å². The van der Waals surface area contributed by atoms with Crippen LogP contribution in [0.25, 0.3) is 0 Å². The molecule has 0 aromatic heterocycles. The van der Waals surface area contributed by atoms with Gasteiger partial charge in [-0.1, -0.05) is 6.42 Å². The largest absolute Gasteiger partial charge is 0.451 e. The molecule has 23 heavy (non-hydrogen) atoms. The first-order chi connectivity index (χ1) is 10.6. The molecule has 0 aromatic rings. The summed E-state index contributed by atoms with van der Waals surface area (Å²) in [7, 11) is -5.25. The third-order valence-corrected chi connectivity index (χ3v) is 5.52. The van der Waals surface area contributed by atoms with Gasteiger partial charge in [-0.25, -0.2) is 0 Å². The molecule has 0 bridgehead atoms. The number of carbonyl (C=O) groups is 1. The van der Waals surface area contributed by atoms with Crippen molar-refractivity contribution in [2.75, 3.05) is 19.6 Å². The molecule has 1 aliphatic rings. The van der Waals surface area contributed by atoms with Crippen molar-refractivity contribution in [2.45, 2.75) is 37.9 Å². The second kappa shape index (κ2) is 8.37. The van der Waals surface area contributed by atoms with E-state index in [0.717, 1.165) is 4.31 Å². The number of rotatable bonds is 10. The molecule has 0 radical (unpaired) electrons. The van der Waals surface area contributed by atoms with E-state index in [1.807, 2.05) is 0 Å². The van der Waals surface area contributed by atoms with E-state index >= 15 is 0 Å². The number of ether oxygens (including phenoxy) is 1. The van der Waals surface area contributed by atoms with E-state index in [4.69, 9.17) is 26.3 Å². The highest BCUT2D eigenvalue weighted by Crippen LogP contribution is 2.32. The molecule has 7 N–H and O–H groups in total. The van der Waals surface area contributed by atoms with Crippen LogP contribution in [-0.4, -0.2) is 67.8 Å². The first-order valence-electron chi connectivity index (χ1n) is 7.38. The van der Waals surface area contributed by atoms with Gasteiger partial charge in [-0.3, -0.25) is 10.5 Å². The minimum atomic E-state index is -3.81. The average molecular weight is 352 g/mol. The predicted octanol–water partition coefficient (Wildman–Crippen LogP) is -2.82. The Bertz CT molecular complexity index is 493. The normalized spacial score (nSPS) is 26.9. The summed E-state index contributed by atoms with van der Waals surface area (Å²) in [5.74, 6) is -0.448. The fourth-order valence-corrected chi connectivity index (χ4v) is 4.04. The monoisotopic (exact) mass is 352 g/mol. The van der Waals surface area contributed by atoms with Crippen LogP contribution in [0.3, 0.4) is 0 Å². The van der Waals surface area contributed by atoms with Gasteiger partial charge in [-0.05, 0) is 19.7 Å². The lowest BCUT2D eigenvalue weighted by molar-refractivity contribution is -0.145. The smallest absolute Gasteiger partial charge is 0.445 e. The Kier molecular flexibility index (Phi) is 7.39. The van der Waals surface area contributed by atoms with Crippen LogP contribution in [0, 0.1) is 5.92 Å². The number of hydrogen-bond acceptors (Lipinski definition) is 8. The Morgan fingerprint density at radius 3 is 2.74 bits per heavy atom. The van der Waals surface area contributed by atoms with Crippen LogP contribution in [0.5, 0.6) is 0 Å². The zero-order chi connectivity index (χ0) is 17.7. The summed E-state index contributed by atoms with van der Waals surface area (Å²) in [5.41, 5.74) is 10.0. The van der Waals surface area contributed by atoms with Crippen molar-refractivity contribution in [3.8, 4) is 0 Å². The molecule has 1 saturated heterocycles. The van der Waals surface area contributed by atoms with Gasteiger partial charge in [0.05, 0.1) is 6.54 Å². The number of nitrogens with two attached hydrogens (primary N) is 2. The molecular weight excluding hydrogens is 327 g/mol. The van der Waals surface area contributed by atoms with Crippen LogP contribution in [-0.2, 0) is 19.7 Å². The summed E-state index contributed by atoms with van der Waals surface area (Å²) < 4.78 is 33.1. The molecule has 1 aliphatic heterocycles. The molecule has 3 atom stereocenters. The van der Waals surface area contributed by atoms with Crippen molar-refractivity contribution < 1.29 is 28.0 Å². The molecule has 0 aromatic carbocycles. The zero-order valence-electron chi connectivity index (χ0n) is 13.1. The Labute approximate surface area is 136 Å². The summed E-state index contributed by atoms with van der Waals surface area (Å²) in [6.45, 7) is 1.86. The third kappa shape index (κ3) is 5.67. The van der Waals surface area contributed by atoms with Gasteiger partial charge in [-0.2, -0.15) is 17.4 Å². The minimum Gasteiger partial charge on any atom is -0.445 e. The van der Waals surface area contributed by atoms with E-state index in [9.17, 15) is 13.2 Å². The Morgan fingerprint density at radius 1 is 1.57 bits per heavy atom. The third-order valence-electron chi connectivity index (χ3n) is 3.86. The van der Waals surface area contributed by atoms with Gasteiger partial charge in [0.25, 0.3) is 16.7 Å². The molecule has 1 fully saturated rings. The van der Waals surface area contributed by atoms with Crippen molar-refractivity contribution in [1.29, 1.82) is 0 Å². The van der Waals surface area contributed by atoms with E-state index in [-0.39, 0.29) is 32.4 Å². The zero-order valence-corrected chi connectivity index (χ0v) is 13.9. The van der Waals surface area contributed by atoms with Gasteiger partial charge < -0.3 is 20.5 Å². The highest BCUT2D eigenvalue weighted by atomic mass is 32.2. The van der Waals surface area contributed by atoms with Crippen LogP contribution < -0.4 is 16.2 Å². The van der Waals surface area contributed by atoms with Crippen molar-refractivity contribution in [3.63, 3.8) is 0 Å². The molecule has 0 unspecified atom stereocenters. The first kappa shape index (κ1) is 20.3. The first-order valence-corrected chi connectivity index (χ1v) is 8.82. The molecule has 134 valence electrons. The predicted molar refractivity (Wildman–Crippen MR) is 83.9 cm³/mol. The van der Waals surface area contributed by atoms with Gasteiger partial charge in [0.2, 0.25) is 0 Å². The lowest BCUT2D eigenvalue weighted by atomic mass is 9.81. The van der Waals surface area contributed by atoms with E-state index < -0.39 is 35.0 Å². The molecule has 10 nitrogen and oxygen atoms in total. The van der Waals surface area contributed by atoms with Crippen molar-refractivity contribution in [1.82, 2.24) is 9.03 Å². The standard InChI is InChI=1S/C11H25BN4O6S/c1-9(5-13)15-23(20,21)16-6-10(3-2-4-12(18)19)11(14,7-16)22-8-17/h8-10,15,18-19H,2-7,13-14H2,1H3/t9-,10+,11-/m1/s1.